The zero-order valence-electron chi connectivity index (χ0n) is 19.7. The van der Waals surface area contributed by atoms with Gasteiger partial charge in [-0.2, -0.15) is 13.2 Å². The molecule has 12 heteroatoms. The van der Waals surface area contributed by atoms with Gasteiger partial charge in [-0.3, -0.25) is 19.3 Å². The molecule has 0 saturated carbocycles. The number of carbonyl (C=O) groups is 3. The van der Waals surface area contributed by atoms with Gasteiger partial charge in [0.05, 0.1) is 23.7 Å². The number of hydrogen-bond donors (Lipinski definition) is 1. The van der Waals surface area contributed by atoms with Gasteiger partial charge < -0.3 is 19.9 Å². The Morgan fingerprint density at radius 3 is 2.69 bits per heavy atom. The number of rotatable bonds is 2. The Morgan fingerprint density at radius 1 is 1.19 bits per heavy atom. The van der Waals surface area contributed by atoms with E-state index in [0.717, 1.165) is 23.1 Å². The summed E-state index contributed by atoms with van der Waals surface area (Å²) in [5.41, 5.74) is -1.19. The standard InChI is InChI=1S/C24H27F3N4O4S/c1-16(32)30-8-9-31-18(12-30)15-35-21-5-4-17(24(25,26)27)11-20(21)23(34)28-6-7-29(14-22(31)33)13-19-3-2-10-36-19/h2-5,10-11,18H,6-9,12-15H2,1H3,(H,28,34)/t18-/m0/s1. The predicted octanol–water partition coefficient (Wildman–Crippen LogP) is 2.45. The summed E-state index contributed by atoms with van der Waals surface area (Å²) in [4.78, 5) is 44.5. The van der Waals surface area contributed by atoms with Gasteiger partial charge in [0.15, 0.2) is 0 Å². The Balaban J connectivity index is 1.65. The summed E-state index contributed by atoms with van der Waals surface area (Å²) < 4.78 is 45.8. The maximum atomic E-state index is 13.3. The van der Waals surface area contributed by atoms with Gasteiger partial charge in [0.25, 0.3) is 5.91 Å². The van der Waals surface area contributed by atoms with Gasteiger partial charge in [0.1, 0.15) is 12.4 Å². The topological polar surface area (TPSA) is 82.2 Å². The average molecular weight is 525 g/mol. The minimum atomic E-state index is -4.62. The molecule has 8 nitrogen and oxygen atoms in total. The monoisotopic (exact) mass is 524 g/mol. The quantitative estimate of drug-likeness (QED) is 0.653. The second-order valence-electron chi connectivity index (χ2n) is 8.77. The zero-order valence-corrected chi connectivity index (χ0v) is 20.5. The van der Waals surface area contributed by atoms with Gasteiger partial charge in [-0.15, -0.1) is 11.3 Å². The minimum Gasteiger partial charge on any atom is -0.491 e. The van der Waals surface area contributed by atoms with E-state index in [1.807, 2.05) is 22.4 Å². The number of carbonyl (C=O) groups excluding carboxylic acids is 3. The third-order valence-electron chi connectivity index (χ3n) is 6.26. The molecule has 1 aromatic heterocycles. The molecule has 194 valence electrons. The first-order chi connectivity index (χ1) is 17.1. The first-order valence-electron chi connectivity index (χ1n) is 11.5. The molecule has 2 aliphatic heterocycles. The number of ether oxygens (including phenoxy) is 1. The SMILES string of the molecule is CC(=O)N1CCN2C(=O)CN(Cc3cccs3)CCNC(=O)c3cc(C(F)(F)F)ccc3OC[C@@H]2C1. The van der Waals surface area contributed by atoms with E-state index in [0.29, 0.717) is 26.2 Å². The summed E-state index contributed by atoms with van der Waals surface area (Å²) >= 11 is 1.55. The van der Waals surface area contributed by atoms with Gasteiger partial charge in [-0.1, -0.05) is 6.07 Å². The highest BCUT2D eigenvalue weighted by molar-refractivity contribution is 7.09. The number of nitrogens with zero attached hydrogens (tertiary/aromatic N) is 3. The fraction of sp³-hybridized carbons (Fsp3) is 0.458. The number of alkyl halides is 3. The molecule has 2 aliphatic rings. The lowest BCUT2D eigenvalue weighted by atomic mass is 10.1. The summed E-state index contributed by atoms with van der Waals surface area (Å²) in [5.74, 6) is -0.980. The fourth-order valence-electron chi connectivity index (χ4n) is 4.35. The minimum absolute atomic E-state index is 0.0115. The van der Waals surface area contributed by atoms with Crippen LogP contribution in [0.4, 0.5) is 13.2 Å². The number of benzene rings is 1. The Kier molecular flexibility index (Phi) is 7.84. The molecule has 0 radical (unpaired) electrons. The summed E-state index contributed by atoms with van der Waals surface area (Å²) in [6, 6.07) is 6.11. The van der Waals surface area contributed by atoms with Crippen molar-refractivity contribution in [3.8, 4) is 5.75 Å². The number of thiophene rings is 1. The van der Waals surface area contributed by atoms with E-state index in [2.05, 4.69) is 5.32 Å². The van der Waals surface area contributed by atoms with Crippen LogP contribution >= 0.6 is 11.3 Å². The maximum Gasteiger partial charge on any atom is 0.416 e. The highest BCUT2D eigenvalue weighted by Gasteiger charge is 2.35. The number of halogens is 3. The van der Waals surface area contributed by atoms with Crippen LogP contribution in [0.1, 0.15) is 27.7 Å². The number of fused-ring (bicyclic) bond motifs is 2. The summed E-state index contributed by atoms with van der Waals surface area (Å²) in [6.45, 7) is 3.33. The summed E-state index contributed by atoms with van der Waals surface area (Å²) in [5, 5.41) is 4.60. The molecule has 1 fully saturated rings. The van der Waals surface area contributed by atoms with Crippen LogP contribution in [-0.4, -0.2) is 84.3 Å². The van der Waals surface area contributed by atoms with Gasteiger partial charge in [-0.25, -0.2) is 0 Å². The summed E-state index contributed by atoms with van der Waals surface area (Å²) in [6.07, 6.45) is -4.62. The third kappa shape index (κ3) is 6.16. The lowest BCUT2D eigenvalue weighted by Gasteiger charge is -2.41. The van der Waals surface area contributed by atoms with Crippen LogP contribution in [0.5, 0.6) is 5.75 Å². The van der Waals surface area contributed by atoms with E-state index < -0.39 is 23.7 Å². The van der Waals surface area contributed by atoms with E-state index in [4.69, 9.17) is 4.74 Å². The predicted molar refractivity (Wildman–Crippen MR) is 127 cm³/mol. The Hall–Kier alpha value is -3.12. The number of hydrogen-bond acceptors (Lipinski definition) is 6. The molecular weight excluding hydrogens is 497 g/mol. The molecule has 4 rings (SSSR count). The molecule has 3 amide bonds. The molecule has 1 saturated heterocycles. The largest absolute Gasteiger partial charge is 0.491 e. The number of nitrogens with one attached hydrogen (secondary N) is 1. The van der Waals surface area contributed by atoms with Crippen LogP contribution < -0.4 is 10.1 Å². The van der Waals surface area contributed by atoms with Crippen LogP contribution in [0.2, 0.25) is 0 Å². The van der Waals surface area contributed by atoms with E-state index in [1.54, 1.807) is 21.1 Å². The number of piperazine rings is 1. The van der Waals surface area contributed by atoms with Crippen molar-refractivity contribution in [3.63, 3.8) is 0 Å². The molecule has 3 heterocycles. The van der Waals surface area contributed by atoms with Crippen molar-refractivity contribution in [3.05, 3.63) is 51.7 Å². The van der Waals surface area contributed by atoms with Gasteiger partial charge in [0.2, 0.25) is 11.8 Å². The van der Waals surface area contributed by atoms with Crippen molar-refractivity contribution in [1.29, 1.82) is 0 Å². The van der Waals surface area contributed by atoms with E-state index in [-0.39, 0.29) is 49.4 Å². The smallest absolute Gasteiger partial charge is 0.416 e. The highest BCUT2D eigenvalue weighted by Crippen LogP contribution is 2.33. The van der Waals surface area contributed by atoms with Crippen LogP contribution in [0, 0.1) is 0 Å². The molecule has 0 bridgehead atoms. The molecule has 1 N–H and O–H groups in total. The molecule has 1 atom stereocenters. The van der Waals surface area contributed by atoms with Crippen LogP contribution in [0.15, 0.2) is 35.7 Å². The Bertz CT molecular complexity index is 1110. The highest BCUT2D eigenvalue weighted by atomic mass is 32.1. The van der Waals surface area contributed by atoms with Gasteiger partial charge in [0, 0.05) is 51.1 Å². The zero-order chi connectivity index (χ0) is 25.9. The summed E-state index contributed by atoms with van der Waals surface area (Å²) in [7, 11) is 0. The lowest BCUT2D eigenvalue weighted by molar-refractivity contribution is -0.143. The maximum absolute atomic E-state index is 13.3. The number of amides is 3. The molecule has 0 unspecified atom stereocenters. The van der Waals surface area contributed by atoms with Crippen LogP contribution in [0.25, 0.3) is 0 Å². The van der Waals surface area contributed by atoms with E-state index >= 15 is 0 Å². The van der Waals surface area contributed by atoms with Gasteiger partial charge in [-0.05, 0) is 29.6 Å². The Morgan fingerprint density at radius 2 is 2.00 bits per heavy atom. The average Bonchev–Trinajstić information content (AvgIpc) is 3.34. The van der Waals surface area contributed by atoms with E-state index in [9.17, 15) is 27.6 Å². The normalized spacial score (nSPS) is 20.3. The van der Waals surface area contributed by atoms with E-state index in [1.165, 1.54) is 6.92 Å². The van der Waals surface area contributed by atoms with Crippen molar-refractivity contribution in [2.75, 3.05) is 45.9 Å². The van der Waals surface area contributed by atoms with Crippen LogP contribution in [-0.2, 0) is 22.3 Å². The van der Waals surface area contributed by atoms with Crippen molar-refractivity contribution in [1.82, 2.24) is 20.0 Å². The second-order valence-corrected chi connectivity index (χ2v) is 9.80. The second kappa shape index (κ2) is 10.9. The molecule has 2 aromatic rings. The van der Waals surface area contributed by atoms with Crippen LogP contribution in [0.3, 0.4) is 0 Å². The molecule has 36 heavy (non-hydrogen) atoms. The molecular formula is C24H27F3N4O4S. The first kappa shape index (κ1) is 26.0. The van der Waals surface area contributed by atoms with Crippen molar-refractivity contribution < 1.29 is 32.3 Å². The molecule has 0 spiro atoms. The third-order valence-corrected chi connectivity index (χ3v) is 7.12. The fourth-order valence-corrected chi connectivity index (χ4v) is 5.10. The molecule has 1 aromatic carbocycles. The first-order valence-corrected chi connectivity index (χ1v) is 12.4. The Labute approximate surface area is 210 Å². The van der Waals surface area contributed by atoms with Gasteiger partial charge >= 0.3 is 6.18 Å². The van der Waals surface area contributed by atoms with Crippen molar-refractivity contribution in [2.45, 2.75) is 25.7 Å². The lowest BCUT2D eigenvalue weighted by Crippen LogP contribution is -2.59. The molecule has 0 aliphatic carbocycles. The van der Waals surface area contributed by atoms with Crippen molar-refractivity contribution in [2.24, 2.45) is 0 Å². The van der Waals surface area contributed by atoms with Crippen molar-refractivity contribution >= 4 is 29.1 Å².